The quantitative estimate of drug-likeness (QED) is 0.756. The maximum absolute atomic E-state index is 11.7. The maximum Gasteiger partial charge on any atom is 0.252 e. The highest BCUT2D eigenvalue weighted by Gasteiger charge is 2.09. The standard InChI is InChI=1S/C11H13Br2NO3/c12-8-1-2-9(10(13)7-8)11(16)14-3-5-17-6-4-15/h1-2,7,15H,3-6H2,(H,14,16). The minimum Gasteiger partial charge on any atom is -0.394 e. The van der Waals surface area contributed by atoms with Crippen LogP contribution in [0, 0.1) is 0 Å². The lowest BCUT2D eigenvalue weighted by Gasteiger charge is -2.07. The number of ether oxygens (including phenoxy) is 1. The van der Waals surface area contributed by atoms with Gasteiger partial charge in [0.25, 0.3) is 5.91 Å². The number of nitrogens with one attached hydrogen (secondary N) is 1. The van der Waals surface area contributed by atoms with E-state index < -0.39 is 0 Å². The molecule has 0 radical (unpaired) electrons. The number of hydrogen-bond acceptors (Lipinski definition) is 3. The van der Waals surface area contributed by atoms with Crippen molar-refractivity contribution in [3.05, 3.63) is 32.7 Å². The van der Waals surface area contributed by atoms with Crippen molar-refractivity contribution in [3.8, 4) is 0 Å². The number of halogens is 2. The van der Waals surface area contributed by atoms with Gasteiger partial charge in [-0.2, -0.15) is 0 Å². The Morgan fingerprint density at radius 3 is 2.76 bits per heavy atom. The fraction of sp³-hybridized carbons (Fsp3) is 0.364. The van der Waals surface area contributed by atoms with E-state index in [-0.39, 0.29) is 19.1 Å². The first-order valence-corrected chi connectivity index (χ1v) is 6.65. The van der Waals surface area contributed by atoms with Crippen LogP contribution < -0.4 is 5.32 Å². The van der Waals surface area contributed by atoms with Gasteiger partial charge in [-0.1, -0.05) is 15.9 Å². The molecule has 0 fully saturated rings. The van der Waals surface area contributed by atoms with Crippen molar-refractivity contribution in [2.45, 2.75) is 0 Å². The number of carbonyl (C=O) groups excluding carboxylic acids is 1. The lowest BCUT2D eigenvalue weighted by molar-refractivity contribution is 0.0837. The molecular formula is C11H13Br2NO3. The van der Waals surface area contributed by atoms with Crippen molar-refractivity contribution < 1.29 is 14.6 Å². The molecule has 94 valence electrons. The lowest BCUT2D eigenvalue weighted by atomic mass is 10.2. The summed E-state index contributed by atoms with van der Waals surface area (Å²) in [5, 5.41) is 11.2. The molecule has 0 aliphatic rings. The fourth-order valence-electron chi connectivity index (χ4n) is 1.17. The van der Waals surface area contributed by atoms with Gasteiger partial charge in [-0.15, -0.1) is 0 Å². The number of hydrogen-bond donors (Lipinski definition) is 2. The van der Waals surface area contributed by atoms with Crippen LogP contribution in [0.2, 0.25) is 0 Å². The van der Waals surface area contributed by atoms with Gasteiger partial charge in [0.15, 0.2) is 0 Å². The number of amides is 1. The normalized spacial score (nSPS) is 10.3. The van der Waals surface area contributed by atoms with Crippen molar-refractivity contribution >= 4 is 37.8 Å². The van der Waals surface area contributed by atoms with Gasteiger partial charge in [-0.25, -0.2) is 0 Å². The van der Waals surface area contributed by atoms with Crippen LogP contribution in [0.25, 0.3) is 0 Å². The van der Waals surface area contributed by atoms with Crippen LogP contribution in [-0.2, 0) is 4.74 Å². The molecule has 1 rings (SSSR count). The average molecular weight is 367 g/mol. The Morgan fingerprint density at radius 1 is 1.35 bits per heavy atom. The third kappa shape index (κ3) is 5.16. The Bertz CT molecular complexity index is 385. The van der Waals surface area contributed by atoms with Crippen LogP contribution >= 0.6 is 31.9 Å². The largest absolute Gasteiger partial charge is 0.394 e. The molecule has 0 bridgehead atoms. The van der Waals surface area contributed by atoms with Crippen molar-refractivity contribution in [3.63, 3.8) is 0 Å². The van der Waals surface area contributed by atoms with Crippen molar-refractivity contribution in [2.75, 3.05) is 26.4 Å². The van der Waals surface area contributed by atoms with Crippen LogP contribution in [0.15, 0.2) is 27.1 Å². The van der Waals surface area contributed by atoms with E-state index in [9.17, 15) is 4.79 Å². The van der Waals surface area contributed by atoms with Gasteiger partial charge in [0, 0.05) is 15.5 Å². The number of carbonyl (C=O) groups is 1. The molecule has 1 aromatic carbocycles. The SMILES string of the molecule is O=C(NCCOCCO)c1ccc(Br)cc1Br. The highest BCUT2D eigenvalue weighted by atomic mass is 79.9. The number of aliphatic hydroxyl groups is 1. The molecule has 0 unspecified atom stereocenters. The van der Waals surface area contributed by atoms with E-state index in [4.69, 9.17) is 9.84 Å². The maximum atomic E-state index is 11.7. The lowest BCUT2D eigenvalue weighted by Crippen LogP contribution is -2.27. The Labute approximate surface area is 117 Å². The Kier molecular flexibility index (Phi) is 6.72. The molecule has 2 N–H and O–H groups in total. The van der Waals surface area contributed by atoms with Crippen LogP contribution in [0.4, 0.5) is 0 Å². The van der Waals surface area contributed by atoms with Crippen LogP contribution in [-0.4, -0.2) is 37.4 Å². The highest BCUT2D eigenvalue weighted by Crippen LogP contribution is 2.21. The third-order valence-corrected chi connectivity index (χ3v) is 3.09. The molecule has 6 heteroatoms. The van der Waals surface area contributed by atoms with Crippen LogP contribution in [0.1, 0.15) is 10.4 Å². The Morgan fingerprint density at radius 2 is 2.12 bits per heavy atom. The van der Waals surface area contributed by atoms with Crippen LogP contribution in [0.3, 0.4) is 0 Å². The molecule has 0 atom stereocenters. The molecule has 0 heterocycles. The molecule has 1 aromatic rings. The summed E-state index contributed by atoms with van der Waals surface area (Å²) in [6.07, 6.45) is 0. The molecule has 4 nitrogen and oxygen atoms in total. The van der Waals surface area contributed by atoms with E-state index >= 15 is 0 Å². The molecule has 0 aliphatic heterocycles. The second-order valence-electron chi connectivity index (χ2n) is 3.22. The second kappa shape index (κ2) is 7.81. The third-order valence-electron chi connectivity index (χ3n) is 1.94. The van der Waals surface area contributed by atoms with Gasteiger partial charge < -0.3 is 15.2 Å². The zero-order valence-electron chi connectivity index (χ0n) is 9.08. The van der Waals surface area contributed by atoms with Gasteiger partial charge >= 0.3 is 0 Å². The van der Waals surface area contributed by atoms with Gasteiger partial charge in [-0.05, 0) is 34.1 Å². The fourth-order valence-corrected chi connectivity index (χ4v) is 2.40. The van der Waals surface area contributed by atoms with E-state index in [2.05, 4.69) is 37.2 Å². The topological polar surface area (TPSA) is 58.6 Å². The molecule has 1 amide bonds. The molecule has 0 saturated heterocycles. The first kappa shape index (κ1) is 14.6. The van der Waals surface area contributed by atoms with Gasteiger partial charge in [-0.3, -0.25) is 4.79 Å². The highest BCUT2D eigenvalue weighted by molar-refractivity contribution is 9.11. The summed E-state index contributed by atoms with van der Waals surface area (Å²) in [5.41, 5.74) is 0.579. The van der Waals surface area contributed by atoms with Crippen molar-refractivity contribution in [1.82, 2.24) is 5.32 Å². The second-order valence-corrected chi connectivity index (χ2v) is 4.99. The summed E-state index contributed by atoms with van der Waals surface area (Å²) in [7, 11) is 0. The summed E-state index contributed by atoms with van der Waals surface area (Å²) in [6.45, 7) is 1.09. The van der Waals surface area contributed by atoms with E-state index in [1.807, 2.05) is 12.1 Å². The summed E-state index contributed by atoms with van der Waals surface area (Å²) in [5.74, 6) is -0.156. The van der Waals surface area contributed by atoms with E-state index in [0.29, 0.717) is 18.7 Å². The Balaban J connectivity index is 2.42. The molecule has 0 aliphatic carbocycles. The van der Waals surface area contributed by atoms with E-state index in [0.717, 1.165) is 8.95 Å². The zero-order chi connectivity index (χ0) is 12.7. The summed E-state index contributed by atoms with van der Waals surface area (Å²) in [4.78, 5) is 11.7. The number of aliphatic hydroxyl groups excluding tert-OH is 1. The van der Waals surface area contributed by atoms with Crippen molar-refractivity contribution in [1.29, 1.82) is 0 Å². The smallest absolute Gasteiger partial charge is 0.252 e. The summed E-state index contributed by atoms with van der Waals surface area (Å²) >= 11 is 6.65. The monoisotopic (exact) mass is 365 g/mol. The summed E-state index contributed by atoms with van der Waals surface area (Å²) in [6, 6.07) is 5.36. The molecule has 17 heavy (non-hydrogen) atoms. The van der Waals surface area contributed by atoms with Gasteiger partial charge in [0.05, 0.1) is 25.4 Å². The number of rotatable bonds is 6. The molecule has 0 aromatic heterocycles. The van der Waals surface area contributed by atoms with Crippen LogP contribution in [0.5, 0.6) is 0 Å². The van der Waals surface area contributed by atoms with Crippen molar-refractivity contribution in [2.24, 2.45) is 0 Å². The van der Waals surface area contributed by atoms with Gasteiger partial charge in [0.2, 0.25) is 0 Å². The predicted molar refractivity (Wildman–Crippen MR) is 72.1 cm³/mol. The minimum atomic E-state index is -0.156. The summed E-state index contributed by atoms with van der Waals surface area (Å²) < 4.78 is 6.68. The predicted octanol–water partition coefficient (Wildman–Crippen LogP) is 1.95. The zero-order valence-corrected chi connectivity index (χ0v) is 12.3. The molecule has 0 spiro atoms. The Hall–Kier alpha value is -0.430. The molecular weight excluding hydrogens is 354 g/mol. The first-order valence-electron chi connectivity index (χ1n) is 5.07. The number of benzene rings is 1. The minimum absolute atomic E-state index is 0.00773. The van der Waals surface area contributed by atoms with E-state index in [1.165, 1.54) is 0 Å². The van der Waals surface area contributed by atoms with Gasteiger partial charge in [0.1, 0.15) is 0 Å². The molecule has 0 saturated carbocycles. The first-order chi connectivity index (χ1) is 8.15. The average Bonchev–Trinajstić information content (AvgIpc) is 2.28. The van der Waals surface area contributed by atoms with E-state index in [1.54, 1.807) is 6.07 Å².